The highest BCUT2D eigenvalue weighted by Crippen LogP contribution is 2.39. The first-order valence-corrected chi connectivity index (χ1v) is 6.04. The van der Waals surface area contributed by atoms with Crippen LogP contribution in [0.25, 0.3) is 0 Å². The predicted molar refractivity (Wildman–Crippen MR) is 61.8 cm³/mol. The Balaban J connectivity index is 1.94. The van der Waals surface area contributed by atoms with Crippen LogP contribution in [0.4, 0.5) is 0 Å². The second-order valence-electron chi connectivity index (χ2n) is 3.81. The molecule has 0 spiro atoms. The molecule has 0 aromatic heterocycles. The summed E-state index contributed by atoms with van der Waals surface area (Å²) in [5, 5.41) is 3.42. The van der Waals surface area contributed by atoms with Gasteiger partial charge in [-0.1, -0.05) is 15.9 Å². The molecule has 0 radical (unpaired) electrons. The summed E-state index contributed by atoms with van der Waals surface area (Å²) in [4.78, 5) is 0. The van der Waals surface area contributed by atoms with E-state index in [-0.39, 0.29) is 6.04 Å². The molecule has 1 N–H and O–H groups in total. The van der Waals surface area contributed by atoms with Crippen molar-refractivity contribution in [3.05, 3.63) is 22.2 Å². The van der Waals surface area contributed by atoms with Crippen molar-refractivity contribution >= 4 is 15.9 Å². The maximum absolute atomic E-state index is 5.46. The van der Waals surface area contributed by atoms with Crippen LogP contribution in [0.5, 0.6) is 11.5 Å². The van der Waals surface area contributed by atoms with Gasteiger partial charge in [0.25, 0.3) is 0 Å². The van der Waals surface area contributed by atoms with Gasteiger partial charge in [-0.2, -0.15) is 0 Å². The Hall–Kier alpha value is -0.780. The van der Waals surface area contributed by atoms with Crippen LogP contribution in [0.15, 0.2) is 16.6 Å². The van der Waals surface area contributed by atoms with Gasteiger partial charge in [-0.15, -0.1) is 0 Å². The molecule has 1 aromatic rings. The van der Waals surface area contributed by atoms with Gasteiger partial charge in [0.05, 0.1) is 19.3 Å². The Morgan fingerprint density at radius 1 is 1.25 bits per heavy atom. The fourth-order valence-electron chi connectivity index (χ4n) is 1.97. The van der Waals surface area contributed by atoms with Crippen molar-refractivity contribution in [3.63, 3.8) is 0 Å². The van der Waals surface area contributed by atoms with E-state index in [0.717, 1.165) is 34.7 Å². The Kier molecular flexibility index (Phi) is 2.75. The van der Waals surface area contributed by atoms with Gasteiger partial charge in [0.1, 0.15) is 0 Å². The first-order valence-electron chi connectivity index (χ1n) is 5.25. The number of hydrogen-bond donors (Lipinski definition) is 1. The van der Waals surface area contributed by atoms with Crippen molar-refractivity contribution < 1.29 is 14.2 Å². The highest BCUT2D eigenvalue weighted by Gasteiger charge is 2.22. The van der Waals surface area contributed by atoms with Crippen LogP contribution >= 0.6 is 15.9 Å². The van der Waals surface area contributed by atoms with E-state index in [1.807, 2.05) is 12.1 Å². The van der Waals surface area contributed by atoms with E-state index in [1.54, 1.807) is 0 Å². The zero-order valence-electron chi connectivity index (χ0n) is 8.66. The van der Waals surface area contributed by atoms with Crippen molar-refractivity contribution in [1.82, 2.24) is 5.32 Å². The SMILES string of the molecule is Brc1cc2c(cc1[C@@H]1COCCN1)OCO2. The van der Waals surface area contributed by atoms with Crippen LogP contribution in [0.1, 0.15) is 11.6 Å². The molecule has 0 bridgehead atoms. The topological polar surface area (TPSA) is 39.7 Å². The quantitative estimate of drug-likeness (QED) is 0.855. The average Bonchev–Trinajstić information content (AvgIpc) is 2.76. The second kappa shape index (κ2) is 4.24. The normalized spacial score (nSPS) is 23.4. The number of benzene rings is 1. The van der Waals surface area contributed by atoms with Gasteiger partial charge >= 0.3 is 0 Å². The average molecular weight is 286 g/mol. The summed E-state index contributed by atoms with van der Waals surface area (Å²) in [5.41, 5.74) is 1.16. The zero-order valence-corrected chi connectivity index (χ0v) is 10.2. The molecule has 2 aliphatic rings. The third-order valence-corrected chi connectivity index (χ3v) is 3.48. The highest BCUT2D eigenvalue weighted by molar-refractivity contribution is 9.10. The molecule has 1 aromatic carbocycles. The Morgan fingerprint density at radius 2 is 2.06 bits per heavy atom. The minimum absolute atomic E-state index is 0.220. The molecule has 1 fully saturated rings. The summed E-state index contributed by atoms with van der Waals surface area (Å²) < 4.78 is 17.2. The Morgan fingerprint density at radius 3 is 2.81 bits per heavy atom. The van der Waals surface area contributed by atoms with Crippen molar-refractivity contribution in [2.75, 3.05) is 26.6 Å². The van der Waals surface area contributed by atoms with Crippen LogP contribution in [0.3, 0.4) is 0 Å². The fraction of sp³-hybridized carbons (Fsp3) is 0.455. The number of morpholine rings is 1. The number of rotatable bonds is 1. The van der Waals surface area contributed by atoms with E-state index in [1.165, 1.54) is 0 Å². The Labute approximate surface area is 102 Å². The molecular weight excluding hydrogens is 274 g/mol. The minimum atomic E-state index is 0.220. The van der Waals surface area contributed by atoms with E-state index < -0.39 is 0 Å². The summed E-state index contributed by atoms with van der Waals surface area (Å²) in [5.74, 6) is 1.61. The van der Waals surface area contributed by atoms with Crippen molar-refractivity contribution in [2.45, 2.75) is 6.04 Å². The molecule has 86 valence electrons. The molecule has 5 heteroatoms. The number of hydrogen-bond acceptors (Lipinski definition) is 4. The lowest BCUT2D eigenvalue weighted by Gasteiger charge is -2.25. The summed E-state index contributed by atoms with van der Waals surface area (Å²) in [6.45, 7) is 2.66. The minimum Gasteiger partial charge on any atom is -0.454 e. The lowest BCUT2D eigenvalue weighted by Crippen LogP contribution is -2.34. The summed E-state index contributed by atoms with van der Waals surface area (Å²) in [6.07, 6.45) is 0. The van der Waals surface area contributed by atoms with Gasteiger partial charge in [-0.25, -0.2) is 0 Å². The van der Waals surface area contributed by atoms with E-state index in [9.17, 15) is 0 Å². The van der Waals surface area contributed by atoms with Crippen molar-refractivity contribution in [2.24, 2.45) is 0 Å². The van der Waals surface area contributed by atoms with Crippen LogP contribution in [-0.2, 0) is 4.74 Å². The molecule has 0 aliphatic carbocycles. The maximum Gasteiger partial charge on any atom is 0.231 e. The fourth-order valence-corrected chi connectivity index (χ4v) is 2.56. The molecule has 0 amide bonds. The van der Waals surface area contributed by atoms with Crippen molar-refractivity contribution in [3.8, 4) is 11.5 Å². The van der Waals surface area contributed by atoms with Gasteiger partial charge in [-0.3, -0.25) is 0 Å². The van der Waals surface area contributed by atoms with E-state index in [4.69, 9.17) is 14.2 Å². The smallest absolute Gasteiger partial charge is 0.231 e. The lowest BCUT2D eigenvalue weighted by molar-refractivity contribution is 0.0766. The van der Waals surface area contributed by atoms with Crippen LogP contribution in [0.2, 0.25) is 0 Å². The number of nitrogens with one attached hydrogen (secondary N) is 1. The van der Waals surface area contributed by atoms with Crippen LogP contribution in [-0.4, -0.2) is 26.6 Å². The first-order chi connectivity index (χ1) is 7.84. The standard InChI is InChI=1S/C11H12BrNO3/c12-8-4-11-10(15-6-16-11)3-7(8)9-5-14-2-1-13-9/h3-4,9,13H,1-2,5-6H2/t9-/m0/s1. The van der Waals surface area contributed by atoms with Gasteiger partial charge in [0, 0.05) is 11.0 Å². The molecule has 3 rings (SSSR count). The molecule has 2 aliphatic heterocycles. The molecule has 16 heavy (non-hydrogen) atoms. The Bertz CT molecular complexity index is 404. The van der Waals surface area contributed by atoms with Crippen molar-refractivity contribution in [1.29, 1.82) is 0 Å². The number of fused-ring (bicyclic) bond motifs is 1. The first kappa shape index (κ1) is 10.4. The van der Waals surface area contributed by atoms with Crippen LogP contribution in [0, 0.1) is 0 Å². The largest absolute Gasteiger partial charge is 0.454 e. The highest BCUT2D eigenvalue weighted by atomic mass is 79.9. The summed E-state index contributed by atoms with van der Waals surface area (Å²) in [7, 11) is 0. The van der Waals surface area contributed by atoms with Gasteiger partial charge in [-0.05, 0) is 17.7 Å². The molecule has 0 saturated carbocycles. The molecule has 1 saturated heterocycles. The monoisotopic (exact) mass is 285 g/mol. The molecule has 0 unspecified atom stereocenters. The molecule has 4 nitrogen and oxygen atoms in total. The third kappa shape index (κ3) is 1.79. The number of halogens is 1. The zero-order chi connectivity index (χ0) is 11.0. The maximum atomic E-state index is 5.46. The van der Waals surface area contributed by atoms with Gasteiger partial charge in [0.2, 0.25) is 6.79 Å². The number of ether oxygens (including phenoxy) is 3. The summed E-state index contributed by atoms with van der Waals surface area (Å²) >= 11 is 3.55. The van der Waals surface area contributed by atoms with Crippen LogP contribution < -0.4 is 14.8 Å². The molecule has 1 atom stereocenters. The second-order valence-corrected chi connectivity index (χ2v) is 4.66. The third-order valence-electron chi connectivity index (χ3n) is 2.79. The summed E-state index contributed by atoms with van der Waals surface area (Å²) in [6, 6.07) is 4.19. The van der Waals surface area contributed by atoms with E-state index in [0.29, 0.717) is 13.4 Å². The lowest BCUT2D eigenvalue weighted by atomic mass is 10.1. The van der Waals surface area contributed by atoms with E-state index >= 15 is 0 Å². The van der Waals surface area contributed by atoms with Gasteiger partial charge in [0.15, 0.2) is 11.5 Å². The molecular formula is C11H12BrNO3. The molecule has 2 heterocycles. The van der Waals surface area contributed by atoms with E-state index in [2.05, 4.69) is 21.2 Å². The van der Waals surface area contributed by atoms with Gasteiger partial charge < -0.3 is 19.5 Å². The predicted octanol–water partition coefficient (Wildman–Crippen LogP) is 1.84.